The van der Waals surface area contributed by atoms with E-state index >= 15 is 0 Å². The van der Waals surface area contributed by atoms with Crippen LogP contribution in [0, 0.1) is 16.7 Å². The number of nitrogens with zero attached hydrogens (tertiary/aromatic N) is 7. The van der Waals surface area contributed by atoms with Gasteiger partial charge in [-0.05, 0) is 73.2 Å². The van der Waals surface area contributed by atoms with E-state index in [4.69, 9.17) is 10.7 Å². The fourth-order valence-corrected chi connectivity index (χ4v) is 6.74. The van der Waals surface area contributed by atoms with Gasteiger partial charge in [-0.1, -0.05) is 67.3 Å². The Kier molecular flexibility index (Phi) is 24.0. The molecule has 0 radical (unpaired) electrons. The first-order chi connectivity index (χ1) is 22.1. The first kappa shape index (κ1) is 41.5. The van der Waals surface area contributed by atoms with E-state index in [0.29, 0.717) is 13.3 Å². The Bertz CT molecular complexity index is 1430. The number of nitriles is 1. The van der Waals surface area contributed by atoms with Crippen LogP contribution in [-0.4, -0.2) is 42.4 Å². The molecule has 46 heavy (non-hydrogen) atoms. The van der Waals surface area contributed by atoms with E-state index in [2.05, 4.69) is 150 Å². The van der Waals surface area contributed by atoms with Crippen LogP contribution in [0.5, 0.6) is 0 Å². The Morgan fingerprint density at radius 1 is 0.717 bits per heavy atom. The van der Waals surface area contributed by atoms with Crippen LogP contribution in [0.25, 0.3) is 0 Å². The molecule has 0 fully saturated rings. The van der Waals surface area contributed by atoms with E-state index in [1.54, 1.807) is 24.7 Å². The molecule has 0 aliphatic rings. The molecule has 3 aromatic heterocycles. The Morgan fingerprint density at radius 3 is 1.17 bits per heavy atom. The Balaban J connectivity index is 0.000000355. The second-order valence-corrected chi connectivity index (χ2v) is 27.4. The summed E-state index contributed by atoms with van der Waals surface area (Å²) in [7, 11) is -2.00. The van der Waals surface area contributed by atoms with Crippen molar-refractivity contribution in [1.82, 2.24) is 29.1 Å². The van der Waals surface area contributed by atoms with E-state index < -0.39 is 15.0 Å². The summed E-state index contributed by atoms with van der Waals surface area (Å²) in [5.41, 5.74) is 0. The van der Waals surface area contributed by atoms with Crippen molar-refractivity contribution in [2.45, 2.75) is 6.92 Å². The topological polar surface area (TPSA) is 101 Å². The van der Waals surface area contributed by atoms with Crippen LogP contribution >= 0.6 is 45.2 Å². The quantitative estimate of drug-likeness (QED) is 0.115. The molecule has 1 N–H and O–H groups in total. The number of allylic oxidation sites excluding steroid dienone is 1. The summed E-state index contributed by atoms with van der Waals surface area (Å²) < 4.78 is 5.62. The molecule has 8 nitrogen and oxygen atoms in total. The molecule has 0 saturated heterocycles. The van der Waals surface area contributed by atoms with E-state index in [1.807, 2.05) is 50.6 Å². The molecule has 0 aliphatic carbocycles. The van der Waals surface area contributed by atoms with Gasteiger partial charge in [0.1, 0.15) is 15.9 Å². The van der Waals surface area contributed by atoms with Gasteiger partial charge in [0.2, 0.25) is 0 Å². The number of hydrogen-bond donors (Lipinski definition) is 1. The standard InChI is InChI=1S/C18H15P.C9H10BN6.C3H5N.C2H3N.I3.Ru/c1-4-10-16(11-5-1)19(17-12-6-2-7-13-17)18-14-8-3-9-15-18;1-4-11-14(7-1)10(15-8-2-5-12-15)16-9-3-6-13-16;1-2-3-4;1-2-3;1-3-2;/h1-15H;1-10H;2-4H,1H2;1H3;;/q;-1;;;-1;+2/p+1. The largest absolute Gasteiger partial charge is 2.00 e. The van der Waals surface area contributed by atoms with Crippen molar-refractivity contribution in [2.75, 3.05) is 0 Å². The van der Waals surface area contributed by atoms with Crippen LogP contribution in [0.1, 0.15) is 6.92 Å². The van der Waals surface area contributed by atoms with E-state index in [0.717, 1.165) is 6.21 Å². The summed E-state index contributed by atoms with van der Waals surface area (Å²) >= 11 is 5.30. The maximum Gasteiger partial charge on any atom is 2.00 e. The van der Waals surface area contributed by atoms with Crippen molar-refractivity contribution < 1.29 is 32.7 Å². The van der Waals surface area contributed by atoms with Gasteiger partial charge in [0, 0.05) is 31.7 Å². The fourth-order valence-electron chi connectivity index (χ4n) is 4.16. The van der Waals surface area contributed by atoms with Crippen molar-refractivity contribution in [3.05, 3.63) is 159 Å². The van der Waals surface area contributed by atoms with Crippen molar-refractivity contribution in [3.8, 4) is 6.07 Å². The van der Waals surface area contributed by atoms with Gasteiger partial charge in [-0.2, -0.15) is 5.26 Å². The van der Waals surface area contributed by atoms with Gasteiger partial charge in [-0.15, -0.1) is 0 Å². The van der Waals surface area contributed by atoms with Gasteiger partial charge in [0.15, 0.2) is 0 Å². The molecule has 0 saturated carbocycles. The zero-order valence-electron chi connectivity index (χ0n) is 25.0. The third-order valence-corrected chi connectivity index (χ3v) is 8.58. The molecule has 3 heterocycles. The average molecular weight is 1050 g/mol. The minimum atomic E-state index is -1.12. The van der Waals surface area contributed by atoms with Gasteiger partial charge in [-0.25, -0.2) is 15.3 Å². The second kappa shape index (κ2) is 26.6. The summed E-state index contributed by atoms with van der Waals surface area (Å²) in [6.45, 7) is 4.67. The Morgan fingerprint density at radius 2 is 0.978 bits per heavy atom. The molecule has 6 rings (SSSR count). The third kappa shape index (κ3) is 14.9. The second-order valence-electron chi connectivity index (χ2n) is 8.71. The van der Waals surface area contributed by atoms with Crippen molar-refractivity contribution in [1.29, 1.82) is 10.7 Å². The fraction of sp³-hybridized carbons (Fsp3) is 0.0312. The Labute approximate surface area is 315 Å². The normalized spacial score (nSPS) is 9.30. The molecular formula is C32H34BI3N8PRu+. The molecule has 3 aromatic carbocycles. The summed E-state index contributed by atoms with van der Waals surface area (Å²) in [6, 6.07) is 39.9. The van der Waals surface area contributed by atoms with E-state index in [9.17, 15) is 0 Å². The first-order valence-electron chi connectivity index (χ1n) is 13.6. The minimum Gasteiger partial charge on any atom is -0.403 e. The number of halogens is 3. The summed E-state index contributed by atoms with van der Waals surface area (Å²) in [5, 5.41) is 30.6. The molecule has 238 valence electrons. The number of benzene rings is 3. The van der Waals surface area contributed by atoms with Crippen LogP contribution in [0.2, 0.25) is 0 Å². The molecule has 0 bridgehead atoms. The number of nitrogens with one attached hydrogen (secondary N) is 1. The SMILES string of the molecule is C=CC=N.CC#N.I[I-]I.[Ru+2].c1ccc([PH+](c2ccccc2)c2ccccc2)cc1.c1cnn([BH-](n2cccn2)n2cccn2)c1. The maximum atomic E-state index is 7.32. The first-order valence-corrected chi connectivity index (χ1v) is 27.7. The predicted molar refractivity (Wildman–Crippen MR) is 205 cm³/mol. The van der Waals surface area contributed by atoms with Crippen molar-refractivity contribution in [2.24, 2.45) is 0 Å². The molecule has 0 spiro atoms. The monoisotopic (exact) mass is 1050 g/mol. The summed E-state index contributed by atoms with van der Waals surface area (Å²) in [6.07, 6.45) is 13.6. The van der Waals surface area contributed by atoms with Gasteiger partial charge < -0.3 is 19.2 Å². The molecule has 0 amide bonds. The maximum absolute atomic E-state index is 7.32. The number of rotatable bonds is 7. The van der Waals surface area contributed by atoms with E-state index in [-0.39, 0.29) is 19.5 Å². The predicted octanol–water partition coefficient (Wildman–Crippen LogP) is 3.24. The van der Waals surface area contributed by atoms with Crippen LogP contribution in [0.3, 0.4) is 0 Å². The van der Waals surface area contributed by atoms with Crippen LogP contribution < -0.4 is 29.2 Å². The third-order valence-electron chi connectivity index (χ3n) is 5.85. The summed E-state index contributed by atoms with van der Waals surface area (Å²) in [5.74, 6) is 0. The zero-order chi connectivity index (χ0) is 32.5. The number of aromatic nitrogens is 6. The molecule has 6 aromatic rings. The van der Waals surface area contributed by atoms with Crippen LogP contribution in [-0.2, 0) is 19.5 Å². The molecular weight excluding hydrogens is 1020 g/mol. The smallest absolute Gasteiger partial charge is 0.403 e. The Hall–Kier alpha value is -2.50. The van der Waals surface area contributed by atoms with Crippen LogP contribution in [0.15, 0.2) is 159 Å². The molecule has 0 aliphatic heterocycles. The van der Waals surface area contributed by atoms with Gasteiger partial charge >= 0.3 is 77.1 Å². The van der Waals surface area contributed by atoms with Gasteiger partial charge in [-0.3, -0.25) is 0 Å². The summed E-state index contributed by atoms with van der Waals surface area (Å²) in [4.78, 5) is 0. The van der Waals surface area contributed by atoms with Crippen molar-refractivity contribution in [3.63, 3.8) is 0 Å². The minimum absolute atomic E-state index is 0. The van der Waals surface area contributed by atoms with Crippen molar-refractivity contribution >= 4 is 74.4 Å². The van der Waals surface area contributed by atoms with Gasteiger partial charge in [0.05, 0.1) is 14.0 Å². The molecule has 0 unspecified atom stereocenters. The van der Waals surface area contributed by atoms with E-state index in [1.165, 1.54) is 28.9 Å². The zero-order valence-corrected chi connectivity index (χ0v) is 34.3. The average Bonchev–Trinajstić information content (AvgIpc) is 3.91. The molecule has 14 heteroatoms. The van der Waals surface area contributed by atoms with Gasteiger partial charge in [0.25, 0.3) is 0 Å². The van der Waals surface area contributed by atoms with Crippen LogP contribution in [0.4, 0.5) is 0 Å². The number of hydrogen-bond acceptors (Lipinski definition) is 5. The molecule has 0 atom stereocenters.